The van der Waals surface area contributed by atoms with Crippen LogP contribution < -0.4 is 10.2 Å². The summed E-state index contributed by atoms with van der Waals surface area (Å²) in [6.07, 6.45) is 0. The third-order valence-electron chi connectivity index (χ3n) is 3.98. The quantitative estimate of drug-likeness (QED) is 0.718. The summed E-state index contributed by atoms with van der Waals surface area (Å²) in [6.45, 7) is 1.98. The van der Waals surface area contributed by atoms with Gasteiger partial charge in [-0.3, -0.25) is 4.79 Å². The van der Waals surface area contributed by atoms with Crippen LogP contribution in [0.2, 0.25) is 0 Å². The van der Waals surface area contributed by atoms with Crippen LogP contribution in [0.5, 0.6) is 5.75 Å². The Balaban J connectivity index is 2.34. The molecule has 0 N–H and O–H groups in total. The van der Waals surface area contributed by atoms with Gasteiger partial charge < -0.3 is 9.30 Å². The summed E-state index contributed by atoms with van der Waals surface area (Å²) in [4.78, 5) is 12.8. The smallest absolute Gasteiger partial charge is 0.197 e. The molecule has 0 aliphatic heterocycles. The van der Waals surface area contributed by atoms with Crippen LogP contribution in [0.3, 0.4) is 0 Å². The summed E-state index contributed by atoms with van der Waals surface area (Å²) >= 11 is 0. The van der Waals surface area contributed by atoms with Crippen LogP contribution in [0, 0.1) is 6.92 Å². The topological polar surface area (TPSA) is 31.2 Å². The van der Waals surface area contributed by atoms with Gasteiger partial charge in [-0.15, -0.1) is 0 Å². The van der Waals surface area contributed by atoms with Crippen LogP contribution in [0.25, 0.3) is 22.0 Å². The van der Waals surface area contributed by atoms with E-state index in [0.717, 1.165) is 33.5 Å². The molecule has 2 aromatic carbocycles. The summed E-state index contributed by atoms with van der Waals surface area (Å²) in [5, 5.41) is 0.747. The minimum absolute atomic E-state index is 0.0753. The number of nitrogens with zero attached hydrogens (tertiary/aromatic N) is 1. The van der Waals surface area contributed by atoms with Gasteiger partial charge in [-0.25, -0.2) is 0 Å². The maximum atomic E-state index is 12.8. The molecule has 21 heavy (non-hydrogen) atoms. The van der Waals surface area contributed by atoms with Gasteiger partial charge in [0.25, 0.3) is 0 Å². The minimum Gasteiger partial charge on any atom is -0.497 e. The van der Waals surface area contributed by atoms with Crippen LogP contribution >= 0.6 is 0 Å². The van der Waals surface area contributed by atoms with Gasteiger partial charge >= 0.3 is 0 Å². The monoisotopic (exact) mass is 279 g/mol. The standard InChI is InChI=1S/C18H17NO2/c1-12-17(13-8-10-14(21-3)11-9-13)18(20)15-6-4-5-7-16(15)19(12)2/h4-11H,1-3H3. The van der Waals surface area contributed by atoms with Gasteiger partial charge in [0.2, 0.25) is 0 Å². The van der Waals surface area contributed by atoms with Crippen molar-refractivity contribution in [3.8, 4) is 16.9 Å². The normalized spacial score (nSPS) is 10.8. The van der Waals surface area contributed by atoms with Crippen LogP contribution in [0.15, 0.2) is 53.3 Å². The number of rotatable bonds is 2. The molecule has 3 aromatic rings. The molecular formula is C18H17NO2. The fourth-order valence-electron chi connectivity index (χ4n) is 2.70. The zero-order chi connectivity index (χ0) is 15.0. The van der Waals surface area contributed by atoms with Crippen molar-refractivity contribution in [1.29, 1.82) is 0 Å². The van der Waals surface area contributed by atoms with Gasteiger partial charge in [-0.05, 0) is 36.8 Å². The average molecular weight is 279 g/mol. The highest BCUT2D eigenvalue weighted by molar-refractivity contribution is 5.85. The fourth-order valence-corrected chi connectivity index (χ4v) is 2.70. The van der Waals surface area contributed by atoms with E-state index in [-0.39, 0.29) is 5.43 Å². The molecule has 3 rings (SSSR count). The second-order valence-electron chi connectivity index (χ2n) is 5.09. The van der Waals surface area contributed by atoms with E-state index in [9.17, 15) is 4.79 Å². The van der Waals surface area contributed by atoms with E-state index in [0.29, 0.717) is 0 Å². The number of aromatic nitrogens is 1. The van der Waals surface area contributed by atoms with Crippen molar-refractivity contribution in [2.24, 2.45) is 7.05 Å². The van der Waals surface area contributed by atoms with Crippen LogP contribution in [0.4, 0.5) is 0 Å². The summed E-state index contributed by atoms with van der Waals surface area (Å²) in [7, 11) is 3.62. The molecule has 0 spiro atoms. The summed E-state index contributed by atoms with van der Waals surface area (Å²) < 4.78 is 7.24. The van der Waals surface area contributed by atoms with Crippen molar-refractivity contribution in [3.63, 3.8) is 0 Å². The zero-order valence-electron chi connectivity index (χ0n) is 12.4. The summed E-state index contributed by atoms with van der Waals surface area (Å²) in [5.41, 5.74) is 3.66. The van der Waals surface area contributed by atoms with E-state index in [2.05, 4.69) is 4.57 Å². The number of benzene rings is 2. The molecule has 0 saturated heterocycles. The summed E-state index contributed by atoms with van der Waals surface area (Å²) in [6, 6.07) is 15.3. The molecule has 106 valence electrons. The zero-order valence-corrected chi connectivity index (χ0v) is 12.4. The molecule has 0 aliphatic carbocycles. The molecule has 0 unspecified atom stereocenters. The third-order valence-corrected chi connectivity index (χ3v) is 3.98. The molecule has 1 heterocycles. The highest BCUT2D eigenvalue weighted by Gasteiger charge is 2.13. The van der Waals surface area contributed by atoms with E-state index in [1.54, 1.807) is 7.11 Å². The van der Waals surface area contributed by atoms with Gasteiger partial charge in [0.15, 0.2) is 5.43 Å². The Morgan fingerprint density at radius 2 is 1.67 bits per heavy atom. The van der Waals surface area contributed by atoms with Crippen molar-refractivity contribution in [2.45, 2.75) is 6.92 Å². The molecule has 0 bridgehead atoms. The molecule has 0 saturated carbocycles. The van der Waals surface area contributed by atoms with Crippen molar-refractivity contribution in [1.82, 2.24) is 4.57 Å². The van der Waals surface area contributed by atoms with E-state index in [4.69, 9.17) is 4.74 Å². The highest BCUT2D eigenvalue weighted by Crippen LogP contribution is 2.25. The van der Waals surface area contributed by atoms with Crippen LogP contribution in [0.1, 0.15) is 5.69 Å². The van der Waals surface area contributed by atoms with Crippen molar-refractivity contribution < 1.29 is 4.74 Å². The number of hydrogen-bond donors (Lipinski definition) is 0. The first-order chi connectivity index (χ1) is 10.1. The Morgan fingerprint density at radius 1 is 1.00 bits per heavy atom. The lowest BCUT2D eigenvalue weighted by Gasteiger charge is -2.14. The second kappa shape index (κ2) is 5.09. The molecule has 0 atom stereocenters. The number of ether oxygens (including phenoxy) is 1. The SMILES string of the molecule is COc1ccc(-c2c(C)n(C)c3ccccc3c2=O)cc1. The highest BCUT2D eigenvalue weighted by atomic mass is 16.5. The first-order valence-electron chi connectivity index (χ1n) is 6.86. The predicted molar refractivity (Wildman–Crippen MR) is 85.9 cm³/mol. The Hall–Kier alpha value is -2.55. The molecular weight excluding hydrogens is 262 g/mol. The van der Waals surface area contributed by atoms with E-state index in [1.807, 2.05) is 62.5 Å². The molecule has 0 amide bonds. The molecule has 0 aliphatic rings. The lowest BCUT2D eigenvalue weighted by molar-refractivity contribution is 0.415. The largest absolute Gasteiger partial charge is 0.497 e. The summed E-state index contributed by atoms with van der Waals surface area (Å²) in [5.74, 6) is 0.786. The fraction of sp³-hybridized carbons (Fsp3) is 0.167. The lowest BCUT2D eigenvalue weighted by Crippen LogP contribution is -2.14. The Bertz CT molecular complexity index is 861. The Labute approximate surface area is 123 Å². The minimum atomic E-state index is 0.0753. The number of methoxy groups -OCH3 is 1. The number of para-hydroxylation sites is 1. The van der Waals surface area contributed by atoms with Gasteiger partial charge in [0.1, 0.15) is 5.75 Å². The van der Waals surface area contributed by atoms with Gasteiger partial charge in [-0.2, -0.15) is 0 Å². The van der Waals surface area contributed by atoms with Crippen LogP contribution in [-0.4, -0.2) is 11.7 Å². The van der Waals surface area contributed by atoms with E-state index < -0.39 is 0 Å². The molecule has 0 fully saturated rings. The van der Waals surface area contributed by atoms with Gasteiger partial charge in [0.05, 0.1) is 12.6 Å². The Kier molecular flexibility index (Phi) is 3.26. The van der Waals surface area contributed by atoms with Crippen molar-refractivity contribution in [2.75, 3.05) is 7.11 Å². The molecule has 0 radical (unpaired) electrons. The molecule has 3 nitrogen and oxygen atoms in total. The van der Waals surface area contributed by atoms with Crippen LogP contribution in [-0.2, 0) is 7.05 Å². The number of fused-ring (bicyclic) bond motifs is 1. The van der Waals surface area contributed by atoms with Gasteiger partial charge in [-0.1, -0.05) is 24.3 Å². The van der Waals surface area contributed by atoms with E-state index >= 15 is 0 Å². The third kappa shape index (κ3) is 2.11. The van der Waals surface area contributed by atoms with E-state index in [1.165, 1.54) is 0 Å². The van der Waals surface area contributed by atoms with Gasteiger partial charge in [0, 0.05) is 23.7 Å². The average Bonchev–Trinajstić information content (AvgIpc) is 2.53. The molecule has 1 aromatic heterocycles. The van der Waals surface area contributed by atoms with Crippen molar-refractivity contribution >= 4 is 10.9 Å². The number of aryl methyl sites for hydroxylation is 1. The Morgan fingerprint density at radius 3 is 2.33 bits per heavy atom. The number of hydrogen-bond acceptors (Lipinski definition) is 2. The lowest BCUT2D eigenvalue weighted by atomic mass is 10.0. The van der Waals surface area contributed by atoms with Crippen molar-refractivity contribution in [3.05, 3.63) is 64.4 Å². The predicted octanol–water partition coefficient (Wildman–Crippen LogP) is 3.52. The second-order valence-corrected chi connectivity index (χ2v) is 5.09. The maximum absolute atomic E-state index is 12.8. The first-order valence-corrected chi connectivity index (χ1v) is 6.86. The number of pyridine rings is 1. The maximum Gasteiger partial charge on any atom is 0.197 e. The molecule has 3 heteroatoms. The first kappa shape index (κ1) is 13.4.